The van der Waals surface area contributed by atoms with E-state index in [-0.39, 0.29) is 5.82 Å². The van der Waals surface area contributed by atoms with Crippen molar-refractivity contribution in [3.63, 3.8) is 0 Å². The van der Waals surface area contributed by atoms with E-state index in [1.54, 1.807) is 18.2 Å². The number of carbonyl (C=O) groups excluding carboxylic acids is 1. The summed E-state index contributed by atoms with van der Waals surface area (Å²) < 4.78 is 13.4. The minimum atomic E-state index is -1.11. The second kappa shape index (κ2) is 5.18. The number of rotatable bonds is 3. The first-order valence-corrected chi connectivity index (χ1v) is 6.76. The molecule has 2 aromatic carbocycles. The first-order valence-electron chi connectivity index (χ1n) is 6.76. The van der Waals surface area contributed by atoms with Gasteiger partial charge in [-0.2, -0.15) is 0 Å². The molecule has 5 heteroatoms. The Morgan fingerprint density at radius 3 is 2.71 bits per heavy atom. The Kier molecular flexibility index (Phi) is 3.35. The second-order valence-electron chi connectivity index (χ2n) is 4.89. The number of aliphatic hydroxyl groups excluding tert-OH is 1. The molecule has 1 aliphatic heterocycles. The van der Waals surface area contributed by atoms with E-state index < -0.39 is 12.0 Å². The van der Waals surface area contributed by atoms with Crippen LogP contribution in [0.5, 0.6) is 0 Å². The van der Waals surface area contributed by atoms with Crippen LogP contribution in [-0.4, -0.2) is 17.6 Å². The van der Waals surface area contributed by atoms with Crippen LogP contribution < -0.4 is 10.2 Å². The summed E-state index contributed by atoms with van der Waals surface area (Å²) in [5, 5.41) is 12.4. The van der Waals surface area contributed by atoms with Gasteiger partial charge < -0.3 is 15.3 Å². The summed E-state index contributed by atoms with van der Waals surface area (Å²) in [7, 11) is 0. The van der Waals surface area contributed by atoms with E-state index >= 15 is 0 Å². The molecule has 0 fully saturated rings. The maximum Gasteiger partial charge on any atom is 0.257 e. The van der Waals surface area contributed by atoms with Crippen molar-refractivity contribution in [1.82, 2.24) is 0 Å². The Morgan fingerprint density at radius 2 is 2.00 bits per heavy atom. The minimum Gasteiger partial charge on any atom is -0.378 e. The van der Waals surface area contributed by atoms with Crippen molar-refractivity contribution in [2.24, 2.45) is 0 Å². The molecule has 21 heavy (non-hydrogen) atoms. The zero-order valence-electron chi connectivity index (χ0n) is 11.5. The normalized spacial score (nSPS) is 16.5. The van der Waals surface area contributed by atoms with Gasteiger partial charge in [-0.3, -0.25) is 4.79 Å². The molecule has 0 bridgehead atoms. The van der Waals surface area contributed by atoms with Crippen LogP contribution >= 0.6 is 0 Å². The Balaban J connectivity index is 2.00. The Morgan fingerprint density at radius 1 is 1.24 bits per heavy atom. The number of benzene rings is 2. The van der Waals surface area contributed by atoms with E-state index in [2.05, 4.69) is 5.32 Å². The SMILES string of the molecule is CCN(c1cccc(F)c1)c1ccc2c(c1)NC(=O)C2O. The average Bonchev–Trinajstić information content (AvgIpc) is 2.75. The number of fused-ring (bicyclic) bond motifs is 1. The zero-order chi connectivity index (χ0) is 15.0. The summed E-state index contributed by atoms with van der Waals surface area (Å²) in [5.41, 5.74) is 2.73. The summed E-state index contributed by atoms with van der Waals surface area (Å²) in [6.07, 6.45) is -1.11. The number of amides is 1. The lowest BCUT2D eigenvalue weighted by Crippen LogP contribution is -2.16. The highest BCUT2D eigenvalue weighted by Gasteiger charge is 2.28. The Bertz CT molecular complexity index is 702. The molecule has 0 aliphatic carbocycles. The Hall–Kier alpha value is -2.40. The fraction of sp³-hybridized carbons (Fsp3) is 0.188. The molecule has 1 heterocycles. The molecule has 0 saturated carbocycles. The second-order valence-corrected chi connectivity index (χ2v) is 4.89. The molecule has 2 N–H and O–H groups in total. The standard InChI is InChI=1S/C16H15FN2O2/c1-2-19(11-5-3-4-10(17)8-11)12-6-7-13-14(9-12)18-16(21)15(13)20/h3-9,15,20H,2H2,1H3,(H,18,21). The predicted molar refractivity (Wildman–Crippen MR) is 79.1 cm³/mol. The molecule has 1 unspecified atom stereocenters. The van der Waals surface area contributed by atoms with E-state index in [0.717, 1.165) is 11.4 Å². The van der Waals surface area contributed by atoms with Crippen LogP contribution in [0.15, 0.2) is 42.5 Å². The van der Waals surface area contributed by atoms with Gasteiger partial charge in [0.1, 0.15) is 5.82 Å². The number of anilines is 3. The quantitative estimate of drug-likeness (QED) is 0.912. The molecule has 2 aromatic rings. The maximum absolute atomic E-state index is 13.4. The van der Waals surface area contributed by atoms with E-state index in [1.165, 1.54) is 12.1 Å². The first kappa shape index (κ1) is 13.6. The number of nitrogens with one attached hydrogen (secondary N) is 1. The summed E-state index contributed by atoms with van der Waals surface area (Å²) in [6.45, 7) is 2.62. The molecule has 1 amide bonds. The number of nitrogens with zero attached hydrogens (tertiary/aromatic N) is 1. The predicted octanol–water partition coefficient (Wildman–Crippen LogP) is 2.97. The van der Waals surface area contributed by atoms with Crippen molar-refractivity contribution in [3.05, 3.63) is 53.8 Å². The van der Waals surface area contributed by atoms with Gasteiger partial charge in [0.05, 0.1) is 0 Å². The monoisotopic (exact) mass is 286 g/mol. The van der Waals surface area contributed by atoms with Gasteiger partial charge in [-0.1, -0.05) is 12.1 Å². The average molecular weight is 286 g/mol. The van der Waals surface area contributed by atoms with Gasteiger partial charge in [-0.15, -0.1) is 0 Å². The molecule has 108 valence electrons. The molecule has 0 aromatic heterocycles. The lowest BCUT2D eigenvalue weighted by molar-refractivity contribution is -0.123. The molecule has 0 saturated heterocycles. The van der Waals surface area contributed by atoms with Gasteiger partial charge in [0.15, 0.2) is 6.10 Å². The van der Waals surface area contributed by atoms with Crippen LogP contribution in [-0.2, 0) is 4.79 Å². The highest BCUT2D eigenvalue weighted by Crippen LogP contribution is 2.35. The van der Waals surface area contributed by atoms with E-state index in [9.17, 15) is 14.3 Å². The molecule has 0 spiro atoms. The summed E-state index contributed by atoms with van der Waals surface area (Å²) in [6, 6.07) is 11.7. The fourth-order valence-electron chi connectivity index (χ4n) is 2.56. The third-order valence-electron chi connectivity index (χ3n) is 3.59. The molecular formula is C16H15FN2O2. The molecule has 1 aliphatic rings. The van der Waals surface area contributed by atoms with Crippen LogP contribution in [0.2, 0.25) is 0 Å². The van der Waals surface area contributed by atoms with Crippen LogP contribution in [0, 0.1) is 5.82 Å². The number of aliphatic hydroxyl groups is 1. The van der Waals surface area contributed by atoms with Gasteiger partial charge in [0.2, 0.25) is 0 Å². The molecular weight excluding hydrogens is 271 g/mol. The first-order chi connectivity index (χ1) is 10.1. The third kappa shape index (κ3) is 2.36. The van der Waals surface area contributed by atoms with Crippen LogP contribution in [0.3, 0.4) is 0 Å². The van der Waals surface area contributed by atoms with Gasteiger partial charge in [-0.25, -0.2) is 4.39 Å². The lowest BCUT2D eigenvalue weighted by Gasteiger charge is -2.24. The highest BCUT2D eigenvalue weighted by atomic mass is 19.1. The molecule has 0 radical (unpaired) electrons. The zero-order valence-corrected chi connectivity index (χ0v) is 11.5. The van der Waals surface area contributed by atoms with Gasteiger partial charge >= 0.3 is 0 Å². The van der Waals surface area contributed by atoms with Crippen molar-refractivity contribution in [2.45, 2.75) is 13.0 Å². The van der Waals surface area contributed by atoms with Gasteiger partial charge in [0, 0.05) is 29.2 Å². The van der Waals surface area contributed by atoms with Crippen molar-refractivity contribution >= 4 is 23.0 Å². The summed E-state index contributed by atoms with van der Waals surface area (Å²) in [4.78, 5) is 13.4. The molecule has 1 atom stereocenters. The third-order valence-corrected chi connectivity index (χ3v) is 3.59. The number of hydrogen-bond acceptors (Lipinski definition) is 3. The largest absolute Gasteiger partial charge is 0.378 e. The summed E-state index contributed by atoms with van der Waals surface area (Å²) >= 11 is 0. The minimum absolute atomic E-state index is 0.296. The van der Waals surface area contributed by atoms with E-state index in [4.69, 9.17) is 0 Å². The number of hydrogen-bond donors (Lipinski definition) is 2. The topological polar surface area (TPSA) is 52.6 Å². The smallest absolute Gasteiger partial charge is 0.257 e. The fourth-order valence-corrected chi connectivity index (χ4v) is 2.56. The van der Waals surface area contributed by atoms with Crippen molar-refractivity contribution < 1.29 is 14.3 Å². The highest BCUT2D eigenvalue weighted by molar-refractivity contribution is 6.02. The van der Waals surface area contributed by atoms with Gasteiger partial charge in [-0.05, 0) is 37.3 Å². The van der Waals surface area contributed by atoms with Crippen LogP contribution in [0.25, 0.3) is 0 Å². The maximum atomic E-state index is 13.4. The number of halogens is 1. The van der Waals surface area contributed by atoms with Crippen molar-refractivity contribution in [2.75, 3.05) is 16.8 Å². The van der Waals surface area contributed by atoms with E-state index in [0.29, 0.717) is 17.8 Å². The van der Waals surface area contributed by atoms with Gasteiger partial charge in [0.25, 0.3) is 5.91 Å². The van der Waals surface area contributed by atoms with E-state index in [1.807, 2.05) is 24.0 Å². The van der Waals surface area contributed by atoms with Crippen molar-refractivity contribution in [3.8, 4) is 0 Å². The number of carbonyl (C=O) groups is 1. The molecule has 3 rings (SSSR count). The Labute approximate surface area is 121 Å². The van der Waals surface area contributed by atoms with Crippen molar-refractivity contribution in [1.29, 1.82) is 0 Å². The molecule has 4 nitrogen and oxygen atoms in total. The lowest BCUT2D eigenvalue weighted by atomic mass is 10.1. The summed E-state index contributed by atoms with van der Waals surface area (Å²) in [5.74, 6) is -0.716. The van der Waals surface area contributed by atoms with Crippen LogP contribution in [0.4, 0.5) is 21.5 Å². The van der Waals surface area contributed by atoms with Crippen LogP contribution in [0.1, 0.15) is 18.6 Å².